The lowest BCUT2D eigenvalue weighted by Crippen LogP contribution is -2.32. The molecule has 1 heterocycles. The summed E-state index contributed by atoms with van der Waals surface area (Å²) in [5.74, 6) is 0.853. The quantitative estimate of drug-likeness (QED) is 0.895. The number of imidazole rings is 1. The largest absolute Gasteiger partial charge is 0.328 e. The van der Waals surface area contributed by atoms with Crippen LogP contribution in [0.1, 0.15) is 26.6 Å². The van der Waals surface area contributed by atoms with Crippen LogP contribution in [0.25, 0.3) is 11.0 Å². The van der Waals surface area contributed by atoms with Crippen molar-refractivity contribution in [1.29, 1.82) is 0 Å². The lowest BCUT2D eigenvalue weighted by molar-refractivity contribution is -0.122. The summed E-state index contributed by atoms with van der Waals surface area (Å²) in [6.07, 6.45) is 0.352. The minimum Gasteiger partial charge on any atom is -0.328 e. The van der Waals surface area contributed by atoms with Crippen molar-refractivity contribution < 1.29 is 4.79 Å². The number of aromatic nitrogens is 2. The standard InChI is InChI=1S/C15H21N3O/c1-4-18-13-8-6-5-7-12(13)17-15(18)9-14(19)10(2)11(3)16/h5-8,10-11H,4,9,16H2,1-3H3. The number of fused-ring (bicyclic) bond motifs is 1. The number of Topliss-reactive ketones (excluding diaryl/α,β-unsaturated/α-hetero) is 1. The van der Waals surface area contributed by atoms with Crippen LogP contribution in [0.4, 0.5) is 0 Å². The molecule has 0 spiro atoms. The molecule has 0 saturated heterocycles. The first kappa shape index (κ1) is 13.7. The third-order valence-electron chi connectivity index (χ3n) is 3.68. The molecular formula is C15H21N3O. The van der Waals surface area contributed by atoms with Crippen LogP contribution >= 0.6 is 0 Å². The first-order valence-electron chi connectivity index (χ1n) is 6.77. The summed E-state index contributed by atoms with van der Waals surface area (Å²) in [6, 6.07) is 7.85. The number of para-hydroxylation sites is 2. The van der Waals surface area contributed by atoms with Crippen LogP contribution in [0.15, 0.2) is 24.3 Å². The maximum Gasteiger partial charge on any atom is 0.144 e. The summed E-state index contributed by atoms with van der Waals surface area (Å²) in [6.45, 7) is 6.63. The Balaban J connectivity index is 2.32. The minimum absolute atomic E-state index is 0.119. The van der Waals surface area contributed by atoms with Gasteiger partial charge in [-0.3, -0.25) is 4.79 Å². The minimum atomic E-state index is -0.134. The van der Waals surface area contributed by atoms with Gasteiger partial charge in [0.1, 0.15) is 11.6 Å². The number of rotatable bonds is 5. The third-order valence-corrected chi connectivity index (χ3v) is 3.68. The van der Waals surface area contributed by atoms with E-state index in [2.05, 4.69) is 16.5 Å². The van der Waals surface area contributed by atoms with Crippen molar-refractivity contribution in [3.05, 3.63) is 30.1 Å². The molecule has 2 rings (SSSR count). The van der Waals surface area contributed by atoms with Crippen LogP contribution in [0.3, 0.4) is 0 Å². The number of hydrogen-bond acceptors (Lipinski definition) is 3. The Labute approximate surface area is 113 Å². The lowest BCUT2D eigenvalue weighted by Gasteiger charge is -2.14. The average molecular weight is 259 g/mol. The first-order valence-corrected chi connectivity index (χ1v) is 6.77. The number of nitrogens with two attached hydrogens (primary N) is 1. The number of carbonyl (C=O) groups is 1. The van der Waals surface area contributed by atoms with Crippen LogP contribution in [-0.2, 0) is 17.8 Å². The fourth-order valence-electron chi connectivity index (χ4n) is 2.22. The monoisotopic (exact) mass is 259 g/mol. The topological polar surface area (TPSA) is 60.9 Å². The van der Waals surface area contributed by atoms with E-state index in [1.807, 2.05) is 38.1 Å². The fourth-order valence-corrected chi connectivity index (χ4v) is 2.22. The van der Waals surface area contributed by atoms with E-state index >= 15 is 0 Å². The van der Waals surface area contributed by atoms with E-state index in [4.69, 9.17) is 5.73 Å². The van der Waals surface area contributed by atoms with Gasteiger partial charge >= 0.3 is 0 Å². The second kappa shape index (κ2) is 5.53. The molecule has 4 heteroatoms. The van der Waals surface area contributed by atoms with Gasteiger partial charge in [0, 0.05) is 18.5 Å². The summed E-state index contributed by atoms with van der Waals surface area (Å²) in [4.78, 5) is 16.7. The first-order chi connectivity index (χ1) is 9.04. The van der Waals surface area contributed by atoms with Gasteiger partial charge in [-0.2, -0.15) is 0 Å². The van der Waals surface area contributed by atoms with Crippen molar-refractivity contribution in [2.24, 2.45) is 11.7 Å². The summed E-state index contributed by atoms with van der Waals surface area (Å²) < 4.78 is 2.10. The molecule has 2 unspecified atom stereocenters. The molecule has 2 aromatic rings. The second-order valence-electron chi connectivity index (χ2n) is 5.05. The van der Waals surface area contributed by atoms with Gasteiger partial charge in [-0.15, -0.1) is 0 Å². The number of aryl methyl sites for hydroxylation is 1. The van der Waals surface area contributed by atoms with Crippen molar-refractivity contribution in [3.8, 4) is 0 Å². The normalized spacial score (nSPS) is 14.5. The van der Waals surface area contributed by atoms with Gasteiger partial charge in [0.05, 0.1) is 17.5 Å². The molecule has 0 aliphatic heterocycles. The van der Waals surface area contributed by atoms with Gasteiger partial charge < -0.3 is 10.3 Å². The molecule has 1 aromatic heterocycles. The van der Waals surface area contributed by atoms with Gasteiger partial charge in [0.15, 0.2) is 0 Å². The maximum absolute atomic E-state index is 12.2. The van der Waals surface area contributed by atoms with E-state index in [9.17, 15) is 4.79 Å². The molecular weight excluding hydrogens is 238 g/mol. The highest BCUT2D eigenvalue weighted by Crippen LogP contribution is 2.17. The molecule has 0 saturated carbocycles. The van der Waals surface area contributed by atoms with E-state index in [1.54, 1.807) is 0 Å². The van der Waals surface area contributed by atoms with E-state index in [-0.39, 0.29) is 17.7 Å². The fraction of sp³-hybridized carbons (Fsp3) is 0.467. The van der Waals surface area contributed by atoms with Crippen molar-refractivity contribution in [2.75, 3.05) is 0 Å². The van der Waals surface area contributed by atoms with E-state index in [1.165, 1.54) is 0 Å². The lowest BCUT2D eigenvalue weighted by atomic mass is 9.97. The Morgan fingerprint density at radius 1 is 1.37 bits per heavy atom. The predicted molar refractivity (Wildman–Crippen MR) is 76.9 cm³/mol. The molecule has 2 N–H and O–H groups in total. The smallest absolute Gasteiger partial charge is 0.144 e. The number of benzene rings is 1. The Bertz CT molecular complexity index is 586. The van der Waals surface area contributed by atoms with Crippen molar-refractivity contribution >= 4 is 16.8 Å². The van der Waals surface area contributed by atoms with Gasteiger partial charge in [0.2, 0.25) is 0 Å². The molecule has 0 aliphatic rings. The number of nitrogens with zero attached hydrogens (tertiary/aromatic N) is 2. The molecule has 19 heavy (non-hydrogen) atoms. The van der Waals surface area contributed by atoms with Crippen molar-refractivity contribution in [1.82, 2.24) is 9.55 Å². The van der Waals surface area contributed by atoms with E-state index in [0.29, 0.717) is 6.42 Å². The highest BCUT2D eigenvalue weighted by atomic mass is 16.1. The van der Waals surface area contributed by atoms with Gasteiger partial charge in [0.25, 0.3) is 0 Å². The zero-order valence-corrected chi connectivity index (χ0v) is 11.8. The molecule has 2 atom stereocenters. The molecule has 4 nitrogen and oxygen atoms in total. The van der Waals surface area contributed by atoms with Crippen LogP contribution in [-0.4, -0.2) is 21.4 Å². The van der Waals surface area contributed by atoms with Crippen LogP contribution in [0.2, 0.25) is 0 Å². The van der Waals surface area contributed by atoms with Gasteiger partial charge in [-0.25, -0.2) is 4.98 Å². The van der Waals surface area contributed by atoms with Crippen LogP contribution in [0.5, 0.6) is 0 Å². The Hall–Kier alpha value is -1.68. The average Bonchev–Trinajstić information content (AvgIpc) is 2.74. The molecule has 0 fully saturated rings. The summed E-state index contributed by atoms with van der Waals surface area (Å²) in [5, 5.41) is 0. The molecule has 0 amide bonds. The number of ketones is 1. The Morgan fingerprint density at radius 3 is 2.68 bits per heavy atom. The molecule has 0 bridgehead atoms. The molecule has 0 radical (unpaired) electrons. The molecule has 0 aliphatic carbocycles. The summed E-state index contributed by atoms with van der Waals surface area (Å²) in [7, 11) is 0. The summed E-state index contributed by atoms with van der Waals surface area (Å²) in [5.41, 5.74) is 7.82. The van der Waals surface area contributed by atoms with Gasteiger partial charge in [-0.05, 0) is 26.0 Å². The maximum atomic E-state index is 12.2. The molecule has 102 valence electrons. The third kappa shape index (κ3) is 2.68. The van der Waals surface area contributed by atoms with E-state index in [0.717, 1.165) is 23.4 Å². The number of hydrogen-bond donors (Lipinski definition) is 1. The molecule has 1 aromatic carbocycles. The van der Waals surface area contributed by atoms with Crippen molar-refractivity contribution in [3.63, 3.8) is 0 Å². The zero-order chi connectivity index (χ0) is 14.0. The highest BCUT2D eigenvalue weighted by molar-refractivity contribution is 5.84. The highest BCUT2D eigenvalue weighted by Gasteiger charge is 2.20. The van der Waals surface area contributed by atoms with Crippen LogP contribution in [0, 0.1) is 5.92 Å². The summed E-state index contributed by atoms with van der Waals surface area (Å²) >= 11 is 0. The Kier molecular flexibility index (Phi) is 4.00. The predicted octanol–water partition coefficient (Wildman–Crippen LogP) is 2.15. The van der Waals surface area contributed by atoms with Gasteiger partial charge in [-0.1, -0.05) is 19.1 Å². The van der Waals surface area contributed by atoms with Crippen molar-refractivity contribution in [2.45, 2.75) is 39.8 Å². The Morgan fingerprint density at radius 2 is 2.05 bits per heavy atom. The number of carbonyl (C=O) groups excluding carboxylic acids is 1. The zero-order valence-electron chi connectivity index (χ0n) is 11.8. The van der Waals surface area contributed by atoms with E-state index < -0.39 is 0 Å². The second-order valence-corrected chi connectivity index (χ2v) is 5.05. The van der Waals surface area contributed by atoms with Crippen LogP contribution < -0.4 is 5.73 Å². The SMILES string of the molecule is CCn1c(CC(=O)C(C)C(C)N)nc2ccccc21.